The minimum atomic E-state index is -1.06. The van der Waals surface area contributed by atoms with Crippen molar-refractivity contribution in [1.82, 2.24) is 5.32 Å². The summed E-state index contributed by atoms with van der Waals surface area (Å²) in [6.07, 6.45) is 10.4. The second-order valence-corrected chi connectivity index (χ2v) is 6.20. The van der Waals surface area contributed by atoms with E-state index in [0.717, 1.165) is 25.7 Å². The van der Waals surface area contributed by atoms with Gasteiger partial charge in [0.05, 0.1) is 0 Å². The van der Waals surface area contributed by atoms with E-state index in [-0.39, 0.29) is 11.8 Å². The summed E-state index contributed by atoms with van der Waals surface area (Å²) in [5.74, 6) is -0.915. The molecule has 4 heteroatoms. The summed E-state index contributed by atoms with van der Waals surface area (Å²) < 4.78 is 0. The molecule has 1 atom stereocenters. The maximum Gasteiger partial charge on any atom is 0.329 e. The van der Waals surface area contributed by atoms with Crippen LogP contribution in [0.4, 0.5) is 0 Å². The van der Waals surface area contributed by atoms with Gasteiger partial charge in [-0.25, -0.2) is 4.79 Å². The lowest BCUT2D eigenvalue weighted by atomic mass is 9.95. The highest BCUT2D eigenvalue weighted by molar-refractivity contribution is 5.87. The van der Waals surface area contributed by atoms with Gasteiger partial charge in [-0.2, -0.15) is 0 Å². The number of carbonyl (C=O) groups is 2. The average molecular weight is 283 g/mol. The number of hydrogen-bond acceptors (Lipinski definition) is 2. The summed E-state index contributed by atoms with van der Waals surface area (Å²) in [6.45, 7) is 3.83. The number of rotatable bonds is 11. The monoisotopic (exact) mass is 283 g/mol. The highest BCUT2D eigenvalue weighted by atomic mass is 16.4. The number of nitrogens with one attached hydrogen (secondary N) is 1. The molecule has 1 rings (SSSR count). The number of unbranched alkanes of at least 4 members (excludes halogenated alkanes) is 6. The first kappa shape index (κ1) is 17.0. The van der Waals surface area contributed by atoms with E-state index in [1.54, 1.807) is 6.92 Å². The second kappa shape index (κ2) is 8.28. The Kier molecular flexibility index (Phi) is 7.03. The van der Waals surface area contributed by atoms with Crippen LogP contribution in [0.3, 0.4) is 0 Å². The van der Waals surface area contributed by atoms with Crippen molar-refractivity contribution in [3.05, 3.63) is 0 Å². The van der Waals surface area contributed by atoms with Crippen molar-refractivity contribution >= 4 is 11.9 Å². The third kappa shape index (κ3) is 5.51. The molecule has 0 radical (unpaired) electrons. The van der Waals surface area contributed by atoms with E-state index in [9.17, 15) is 14.7 Å². The van der Waals surface area contributed by atoms with E-state index in [2.05, 4.69) is 12.2 Å². The molecule has 2 N–H and O–H groups in total. The number of carboxylic acid groups (broad SMARTS) is 1. The van der Waals surface area contributed by atoms with Crippen LogP contribution in [0.1, 0.15) is 78.1 Å². The van der Waals surface area contributed by atoms with Crippen LogP contribution < -0.4 is 5.32 Å². The topological polar surface area (TPSA) is 66.4 Å². The number of amides is 1. The predicted molar refractivity (Wildman–Crippen MR) is 79.5 cm³/mol. The highest BCUT2D eigenvalue weighted by Gasteiger charge is 2.48. The van der Waals surface area contributed by atoms with Crippen LogP contribution in [0, 0.1) is 5.92 Å². The van der Waals surface area contributed by atoms with Crippen molar-refractivity contribution in [1.29, 1.82) is 0 Å². The molecule has 0 aromatic carbocycles. The van der Waals surface area contributed by atoms with E-state index in [4.69, 9.17) is 0 Å². The lowest BCUT2D eigenvalue weighted by Crippen LogP contribution is -2.53. The zero-order chi connectivity index (χ0) is 15.0. The largest absolute Gasteiger partial charge is 0.480 e. The fourth-order valence-electron chi connectivity index (χ4n) is 2.59. The highest BCUT2D eigenvalue weighted by Crippen LogP contribution is 2.39. The van der Waals surface area contributed by atoms with Gasteiger partial charge in [0.1, 0.15) is 5.54 Å². The molecule has 4 nitrogen and oxygen atoms in total. The van der Waals surface area contributed by atoms with Crippen LogP contribution in [-0.4, -0.2) is 22.5 Å². The third-order valence-electron chi connectivity index (χ3n) is 4.24. The van der Waals surface area contributed by atoms with E-state index in [1.165, 1.54) is 32.1 Å². The molecule has 0 aliphatic heterocycles. The first-order valence-corrected chi connectivity index (χ1v) is 8.05. The van der Waals surface area contributed by atoms with Gasteiger partial charge < -0.3 is 10.4 Å². The SMILES string of the molecule is CCCCCCCCCC(=O)NC(C)(C(=O)O)C1CC1. The lowest BCUT2D eigenvalue weighted by Gasteiger charge is -2.26. The zero-order valence-electron chi connectivity index (χ0n) is 12.9. The van der Waals surface area contributed by atoms with E-state index in [0.29, 0.717) is 6.42 Å². The van der Waals surface area contributed by atoms with Gasteiger partial charge in [0.25, 0.3) is 0 Å². The Bertz CT molecular complexity index is 326. The average Bonchev–Trinajstić information content (AvgIpc) is 3.21. The van der Waals surface area contributed by atoms with Crippen LogP contribution in [0.15, 0.2) is 0 Å². The van der Waals surface area contributed by atoms with E-state index < -0.39 is 11.5 Å². The molecular weight excluding hydrogens is 254 g/mol. The number of hydrogen-bond donors (Lipinski definition) is 2. The summed E-state index contributed by atoms with van der Waals surface area (Å²) >= 11 is 0. The Morgan fingerprint density at radius 1 is 1.10 bits per heavy atom. The minimum absolute atomic E-state index is 0.109. The van der Waals surface area contributed by atoms with Crippen LogP contribution in [0.5, 0.6) is 0 Å². The summed E-state index contributed by atoms with van der Waals surface area (Å²) in [5, 5.41) is 12.0. The van der Waals surface area contributed by atoms with Gasteiger partial charge >= 0.3 is 5.97 Å². The van der Waals surface area contributed by atoms with Crippen molar-refractivity contribution in [2.75, 3.05) is 0 Å². The minimum Gasteiger partial charge on any atom is -0.480 e. The Morgan fingerprint density at radius 2 is 1.65 bits per heavy atom. The predicted octanol–water partition coefficient (Wildman–Crippen LogP) is 3.50. The van der Waals surface area contributed by atoms with E-state index >= 15 is 0 Å². The van der Waals surface area contributed by atoms with Gasteiger partial charge in [0, 0.05) is 6.42 Å². The molecule has 0 bridgehead atoms. The van der Waals surface area contributed by atoms with Crippen molar-refractivity contribution < 1.29 is 14.7 Å². The van der Waals surface area contributed by atoms with Crippen molar-refractivity contribution in [3.63, 3.8) is 0 Å². The molecule has 1 aliphatic carbocycles. The second-order valence-electron chi connectivity index (χ2n) is 6.20. The molecule has 0 aromatic heterocycles. The van der Waals surface area contributed by atoms with Crippen LogP contribution in [-0.2, 0) is 9.59 Å². The summed E-state index contributed by atoms with van der Waals surface area (Å²) in [7, 11) is 0. The maximum atomic E-state index is 11.9. The summed E-state index contributed by atoms with van der Waals surface area (Å²) in [4.78, 5) is 23.2. The molecule has 1 fully saturated rings. The number of aliphatic carboxylic acids is 1. The quantitative estimate of drug-likeness (QED) is 0.570. The number of carboxylic acids is 1. The van der Waals surface area contributed by atoms with Gasteiger partial charge in [-0.1, -0.05) is 45.4 Å². The Hall–Kier alpha value is -1.06. The molecule has 0 aromatic rings. The van der Waals surface area contributed by atoms with Crippen LogP contribution in [0.2, 0.25) is 0 Å². The van der Waals surface area contributed by atoms with Crippen molar-refractivity contribution in [2.24, 2.45) is 5.92 Å². The molecule has 0 saturated heterocycles. The normalized spacial score (nSPS) is 17.5. The Labute approximate surface area is 122 Å². The maximum absolute atomic E-state index is 11.9. The summed E-state index contributed by atoms with van der Waals surface area (Å²) in [6, 6.07) is 0. The van der Waals surface area contributed by atoms with Crippen molar-refractivity contribution in [3.8, 4) is 0 Å². The van der Waals surface area contributed by atoms with Gasteiger partial charge in [0.2, 0.25) is 5.91 Å². The first-order valence-electron chi connectivity index (χ1n) is 8.05. The molecule has 1 saturated carbocycles. The smallest absolute Gasteiger partial charge is 0.329 e. The number of carbonyl (C=O) groups excluding carboxylic acids is 1. The molecule has 116 valence electrons. The molecular formula is C16H29NO3. The zero-order valence-corrected chi connectivity index (χ0v) is 12.9. The van der Waals surface area contributed by atoms with Crippen molar-refractivity contribution in [2.45, 2.75) is 83.6 Å². The Morgan fingerprint density at radius 3 is 2.15 bits per heavy atom. The molecule has 1 unspecified atom stereocenters. The van der Waals surface area contributed by atoms with Gasteiger partial charge in [0.15, 0.2) is 0 Å². The third-order valence-corrected chi connectivity index (χ3v) is 4.24. The molecule has 0 heterocycles. The first-order chi connectivity index (χ1) is 9.50. The summed E-state index contributed by atoms with van der Waals surface area (Å²) in [5.41, 5.74) is -1.06. The molecule has 20 heavy (non-hydrogen) atoms. The molecule has 0 spiro atoms. The molecule has 1 amide bonds. The fraction of sp³-hybridized carbons (Fsp3) is 0.875. The lowest BCUT2D eigenvalue weighted by molar-refractivity contribution is -0.147. The fourth-order valence-corrected chi connectivity index (χ4v) is 2.59. The van der Waals surface area contributed by atoms with Crippen LogP contribution >= 0.6 is 0 Å². The Balaban J connectivity index is 2.15. The van der Waals surface area contributed by atoms with Gasteiger partial charge in [-0.3, -0.25) is 4.79 Å². The van der Waals surface area contributed by atoms with Gasteiger partial charge in [-0.15, -0.1) is 0 Å². The van der Waals surface area contributed by atoms with Crippen LogP contribution in [0.25, 0.3) is 0 Å². The van der Waals surface area contributed by atoms with Gasteiger partial charge in [-0.05, 0) is 32.1 Å². The standard InChI is InChI=1S/C16H29NO3/c1-3-4-5-6-7-8-9-10-14(18)17-16(2,15(19)20)13-11-12-13/h13H,3-12H2,1-2H3,(H,17,18)(H,19,20). The molecule has 1 aliphatic rings. The van der Waals surface area contributed by atoms with E-state index in [1.807, 2.05) is 0 Å².